The van der Waals surface area contributed by atoms with Gasteiger partial charge in [-0.05, 0) is 60.5 Å². The van der Waals surface area contributed by atoms with E-state index < -0.39 is 0 Å². The minimum atomic E-state index is -0.172. The third-order valence-corrected chi connectivity index (χ3v) is 6.80. The molecule has 0 bridgehead atoms. The number of ether oxygens (including phenoxy) is 1. The van der Waals surface area contributed by atoms with E-state index in [0.29, 0.717) is 34.0 Å². The predicted molar refractivity (Wildman–Crippen MR) is 136 cm³/mol. The molecule has 0 amide bonds. The molecule has 3 aromatic rings. The Kier molecular flexibility index (Phi) is 6.26. The Morgan fingerprint density at radius 1 is 1.00 bits per heavy atom. The molecule has 2 heterocycles. The maximum absolute atomic E-state index is 13.1. The van der Waals surface area contributed by atoms with Gasteiger partial charge in [-0.2, -0.15) is 0 Å². The molecule has 0 spiro atoms. The second-order valence-corrected chi connectivity index (χ2v) is 9.50. The van der Waals surface area contributed by atoms with Crippen LogP contribution in [0.5, 0.6) is 11.5 Å². The summed E-state index contributed by atoms with van der Waals surface area (Å²) in [7, 11) is 0. The van der Waals surface area contributed by atoms with Crippen LogP contribution in [0.2, 0.25) is 10.0 Å². The molecule has 34 heavy (non-hydrogen) atoms. The van der Waals surface area contributed by atoms with Crippen molar-refractivity contribution in [3.05, 3.63) is 92.7 Å². The Bertz CT molecular complexity index is 1280. The quantitative estimate of drug-likeness (QED) is 0.454. The van der Waals surface area contributed by atoms with Crippen LogP contribution in [0.4, 0.5) is 5.69 Å². The summed E-state index contributed by atoms with van der Waals surface area (Å²) < 4.78 is 6.06. The normalized spacial score (nSPS) is 17.2. The second kappa shape index (κ2) is 9.34. The average Bonchev–Trinajstić information content (AvgIpc) is 3.15. The van der Waals surface area contributed by atoms with E-state index in [1.165, 1.54) is 0 Å². The van der Waals surface area contributed by atoms with E-state index >= 15 is 0 Å². The van der Waals surface area contributed by atoms with E-state index in [4.69, 9.17) is 27.9 Å². The Morgan fingerprint density at radius 3 is 2.44 bits per heavy atom. The topological polar surface area (TPSA) is 53.0 Å². The number of aryl methyl sites for hydroxylation is 1. The van der Waals surface area contributed by atoms with Crippen molar-refractivity contribution >= 4 is 40.7 Å². The van der Waals surface area contributed by atoms with Crippen molar-refractivity contribution in [2.75, 3.05) is 31.1 Å². The fourth-order valence-electron chi connectivity index (χ4n) is 4.50. The monoisotopic (exact) mass is 494 g/mol. The molecule has 1 saturated heterocycles. The van der Waals surface area contributed by atoms with E-state index in [2.05, 4.69) is 15.9 Å². The first-order valence-electron chi connectivity index (χ1n) is 11.2. The molecule has 5 rings (SSSR count). The van der Waals surface area contributed by atoms with E-state index in [9.17, 15) is 9.90 Å². The van der Waals surface area contributed by atoms with Gasteiger partial charge in [-0.3, -0.25) is 9.69 Å². The second-order valence-electron chi connectivity index (χ2n) is 8.63. The number of halogens is 2. The van der Waals surface area contributed by atoms with Crippen LogP contribution in [-0.4, -0.2) is 42.0 Å². The van der Waals surface area contributed by atoms with Gasteiger partial charge in [0.15, 0.2) is 5.76 Å². The van der Waals surface area contributed by atoms with Crippen molar-refractivity contribution in [3.63, 3.8) is 0 Å². The molecule has 1 N–H and O–H groups in total. The average molecular weight is 495 g/mol. The van der Waals surface area contributed by atoms with Crippen LogP contribution in [0.3, 0.4) is 0 Å². The smallest absolute Gasteiger partial charge is 0.232 e. The summed E-state index contributed by atoms with van der Waals surface area (Å²) in [5.74, 6) is 0.682. The Balaban J connectivity index is 1.36. The van der Waals surface area contributed by atoms with Gasteiger partial charge in [0.05, 0.1) is 11.1 Å². The van der Waals surface area contributed by atoms with Gasteiger partial charge >= 0.3 is 0 Å². The highest BCUT2D eigenvalue weighted by atomic mass is 35.5. The number of fused-ring (bicyclic) bond motifs is 1. The third kappa shape index (κ3) is 4.51. The van der Waals surface area contributed by atoms with Gasteiger partial charge in [0, 0.05) is 48.5 Å². The zero-order chi connectivity index (χ0) is 23.8. The van der Waals surface area contributed by atoms with Crippen LogP contribution in [0.15, 0.2) is 60.4 Å². The number of aromatic hydroxyl groups is 1. The number of Topliss-reactive ketones (excluding diaryl/α,β-unsaturated/α-hetero) is 1. The Morgan fingerprint density at radius 2 is 1.74 bits per heavy atom. The first kappa shape index (κ1) is 22.8. The zero-order valence-corrected chi connectivity index (χ0v) is 20.2. The standard InChI is InChI=1S/C27H24Cl2N2O3/c1-17-13-23(32)22(16-30-9-11-31(12-10-30)21-4-2-3-20(29)15-21)27-25(17)26(33)24(34-27)14-18-5-7-19(28)8-6-18/h2-8,13-15,32H,9-12,16H2,1H3/b24-14-. The van der Waals surface area contributed by atoms with Gasteiger partial charge in [-0.15, -0.1) is 0 Å². The van der Waals surface area contributed by atoms with Gasteiger partial charge in [0.25, 0.3) is 0 Å². The zero-order valence-electron chi connectivity index (χ0n) is 18.7. The van der Waals surface area contributed by atoms with Crippen molar-refractivity contribution < 1.29 is 14.6 Å². The summed E-state index contributed by atoms with van der Waals surface area (Å²) in [6.45, 7) is 5.64. The number of phenolic OH excluding ortho intramolecular Hbond substituents is 1. The maximum Gasteiger partial charge on any atom is 0.232 e. The molecule has 2 aliphatic rings. The largest absolute Gasteiger partial charge is 0.507 e. The number of nitrogens with zero attached hydrogens (tertiary/aromatic N) is 2. The molecule has 0 saturated carbocycles. The predicted octanol–water partition coefficient (Wildman–Crippen LogP) is 5.95. The molecular weight excluding hydrogens is 471 g/mol. The number of phenols is 1. The van der Waals surface area contributed by atoms with Gasteiger partial charge in [0.2, 0.25) is 5.78 Å². The van der Waals surface area contributed by atoms with E-state index in [-0.39, 0.29) is 17.3 Å². The van der Waals surface area contributed by atoms with Gasteiger partial charge in [-0.25, -0.2) is 0 Å². The summed E-state index contributed by atoms with van der Waals surface area (Å²) >= 11 is 12.1. The highest BCUT2D eigenvalue weighted by Crippen LogP contribution is 2.42. The summed E-state index contributed by atoms with van der Waals surface area (Å²) in [4.78, 5) is 17.7. The number of carbonyl (C=O) groups excluding carboxylic acids is 1. The van der Waals surface area contributed by atoms with E-state index in [1.54, 1.807) is 24.3 Å². The lowest BCUT2D eigenvalue weighted by molar-refractivity contribution is 0.101. The van der Waals surface area contributed by atoms with Crippen molar-refractivity contribution in [1.82, 2.24) is 4.90 Å². The van der Waals surface area contributed by atoms with Gasteiger partial charge < -0.3 is 14.7 Å². The van der Waals surface area contributed by atoms with Crippen molar-refractivity contribution in [2.45, 2.75) is 13.5 Å². The molecule has 174 valence electrons. The molecule has 2 aliphatic heterocycles. The summed E-state index contributed by atoms with van der Waals surface area (Å²) in [5.41, 5.74) is 3.79. The molecule has 0 aromatic heterocycles. The molecule has 0 atom stereocenters. The minimum Gasteiger partial charge on any atom is -0.507 e. The van der Waals surface area contributed by atoms with Gasteiger partial charge in [0.1, 0.15) is 11.5 Å². The highest BCUT2D eigenvalue weighted by Gasteiger charge is 2.34. The van der Waals surface area contributed by atoms with Crippen LogP contribution in [0.1, 0.15) is 27.0 Å². The number of rotatable bonds is 4. The van der Waals surface area contributed by atoms with Crippen LogP contribution >= 0.6 is 23.2 Å². The van der Waals surface area contributed by atoms with Crippen LogP contribution in [0.25, 0.3) is 6.08 Å². The maximum atomic E-state index is 13.1. The number of benzene rings is 3. The molecule has 7 heteroatoms. The van der Waals surface area contributed by atoms with E-state index in [1.807, 2.05) is 37.3 Å². The number of carbonyl (C=O) groups is 1. The van der Waals surface area contributed by atoms with Crippen molar-refractivity contribution in [1.29, 1.82) is 0 Å². The van der Waals surface area contributed by atoms with Crippen molar-refractivity contribution in [3.8, 4) is 11.5 Å². The first-order chi connectivity index (χ1) is 16.4. The number of allylic oxidation sites excluding steroid dienone is 1. The number of piperazine rings is 1. The molecule has 5 nitrogen and oxygen atoms in total. The first-order valence-corrected chi connectivity index (χ1v) is 11.9. The minimum absolute atomic E-state index is 0.147. The van der Waals surface area contributed by atoms with Crippen LogP contribution < -0.4 is 9.64 Å². The SMILES string of the molecule is Cc1cc(O)c(CN2CCN(c3cccc(Cl)c3)CC2)c2c1C(=O)/C(=C/c1ccc(Cl)cc1)O2. The van der Waals surface area contributed by atoms with Crippen LogP contribution in [-0.2, 0) is 6.54 Å². The lowest BCUT2D eigenvalue weighted by Crippen LogP contribution is -2.46. The Hall–Kier alpha value is -2.99. The fraction of sp³-hybridized carbons (Fsp3) is 0.222. The number of hydrogen-bond acceptors (Lipinski definition) is 5. The summed E-state index contributed by atoms with van der Waals surface area (Å²) in [6.07, 6.45) is 1.71. The highest BCUT2D eigenvalue weighted by molar-refractivity contribution is 6.31. The summed E-state index contributed by atoms with van der Waals surface area (Å²) in [6, 6.07) is 16.7. The lowest BCUT2D eigenvalue weighted by Gasteiger charge is -2.36. The molecule has 0 unspecified atom stereocenters. The molecule has 1 fully saturated rings. The van der Waals surface area contributed by atoms with Crippen molar-refractivity contribution in [2.24, 2.45) is 0 Å². The fourth-order valence-corrected chi connectivity index (χ4v) is 4.81. The summed E-state index contributed by atoms with van der Waals surface area (Å²) in [5, 5.41) is 12.1. The molecule has 0 radical (unpaired) electrons. The Labute approximate surface area is 208 Å². The third-order valence-electron chi connectivity index (χ3n) is 6.32. The number of anilines is 1. The van der Waals surface area contributed by atoms with Gasteiger partial charge in [-0.1, -0.05) is 41.4 Å². The van der Waals surface area contributed by atoms with E-state index in [0.717, 1.165) is 42.5 Å². The molecular formula is C27H24Cl2N2O3. The van der Waals surface area contributed by atoms with Crippen LogP contribution in [0, 0.1) is 6.92 Å². The number of hydrogen-bond donors (Lipinski definition) is 1. The molecule has 0 aliphatic carbocycles. The molecule has 3 aromatic carbocycles. The number of ketones is 1. The lowest BCUT2D eigenvalue weighted by atomic mass is 9.99.